The molecule has 2 N–H and O–H groups in total. The first-order chi connectivity index (χ1) is 20.2. The number of carbonyl (C=O) groups excluding carboxylic acids is 4. The average molecular weight is 606 g/mol. The monoisotopic (exact) mass is 605 g/mol. The quantitative estimate of drug-likeness (QED) is 0.144. The van der Waals surface area contributed by atoms with Gasteiger partial charge in [0, 0.05) is 30.7 Å². The molecule has 2 aliphatic heterocycles. The topological polar surface area (TPSA) is 160 Å². The molecule has 13 nitrogen and oxygen atoms in total. The minimum atomic E-state index is -1.31. The predicted molar refractivity (Wildman–Crippen MR) is 154 cm³/mol. The van der Waals surface area contributed by atoms with E-state index in [0.717, 1.165) is 4.90 Å². The summed E-state index contributed by atoms with van der Waals surface area (Å²) in [5, 5.41) is 14.1. The highest BCUT2D eigenvalue weighted by Crippen LogP contribution is 2.45. The number of piperidine rings is 1. The van der Waals surface area contributed by atoms with Gasteiger partial charge in [0.15, 0.2) is 0 Å². The van der Waals surface area contributed by atoms with E-state index in [1.54, 1.807) is 18.2 Å². The number of carbonyl (C=O) groups is 4. The number of rotatable bonds is 18. The van der Waals surface area contributed by atoms with Crippen molar-refractivity contribution in [3.63, 3.8) is 0 Å². The number of amides is 4. The lowest BCUT2D eigenvalue weighted by molar-refractivity contribution is -0.136. The lowest BCUT2D eigenvalue weighted by atomic mass is 10.0. The molecule has 1 saturated heterocycles. The van der Waals surface area contributed by atoms with Crippen molar-refractivity contribution in [2.24, 2.45) is 0 Å². The number of anilines is 1. The van der Waals surface area contributed by atoms with E-state index in [4.69, 9.17) is 23.8 Å². The average Bonchev–Trinajstić information content (AvgIpc) is 3.19. The van der Waals surface area contributed by atoms with Crippen LogP contribution in [0.15, 0.2) is 18.2 Å². The second-order valence-corrected chi connectivity index (χ2v) is 11.7. The highest BCUT2D eigenvalue weighted by atomic mass is 31.2. The van der Waals surface area contributed by atoms with Crippen LogP contribution in [0, 0.1) is 11.3 Å². The largest absolute Gasteiger partial charge is 0.382 e. The number of imide groups is 2. The second-order valence-electron chi connectivity index (χ2n) is 10.2. The molecule has 2 atom stereocenters. The highest BCUT2D eigenvalue weighted by Gasteiger charge is 2.45. The van der Waals surface area contributed by atoms with Gasteiger partial charge >= 0.3 is 0 Å². The normalized spacial score (nSPS) is 17.7. The Morgan fingerprint density at radius 2 is 1.67 bits per heavy atom. The third kappa shape index (κ3) is 8.77. The molecule has 1 fully saturated rings. The van der Waals surface area contributed by atoms with Gasteiger partial charge in [-0.15, -0.1) is 0 Å². The molecule has 1 aromatic rings. The number of fused-ring (bicyclic) bond motifs is 1. The summed E-state index contributed by atoms with van der Waals surface area (Å²) in [5.41, 5.74) is 0.902. The maximum absolute atomic E-state index is 13.1. The number of nitrogens with zero attached hydrogens (tertiary/aromatic N) is 3. The number of benzene rings is 1. The minimum Gasteiger partial charge on any atom is -0.382 e. The Bertz CT molecular complexity index is 1150. The standard InChI is InChI=1S/C28H40N5O8P/c1-19(2)33(20(3)4)42(40-13-6-11-29)41-18-17-39-16-15-38-14-12-30-22-8-5-7-21-25(22)28(37)32(27(21)36)23-9-10-24(34)31-26(23)35/h5,7-8,19-20,23,30H,6,9-10,12-18H2,1-4H3,(H,31,34,35). The molecule has 0 radical (unpaired) electrons. The lowest BCUT2D eigenvalue weighted by Gasteiger charge is -2.35. The summed E-state index contributed by atoms with van der Waals surface area (Å²) >= 11 is 0. The maximum atomic E-state index is 13.1. The number of nitrogens with one attached hydrogen (secondary N) is 2. The van der Waals surface area contributed by atoms with E-state index in [-0.39, 0.29) is 36.1 Å². The molecule has 14 heteroatoms. The van der Waals surface area contributed by atoms with Crippen molar-refractivity contribution in [2.45, 2.75) is 65.1 Å². The second kappa shape index (κ2) is 16.6. The van der Waals surface area contributed by atoms with Crippen LogP contribution >= 0.6 is 8.53 Å². The molecule has 2 heterocycles. The summed E-state index contributed by atoms with van der Waals surface area (Å²) < 4.78 is 25.2. The van der Waals surface area contributed by atoms with E-state index >= 15 is 0 Å². The van der Waals surface area contributed by atoms with Crippen LogP contribution in [0.3, 0.4) is 0 Å². The van der Waals surface area contributed by atoms with Crippen LogP contribution in [-0.4, -0.2) is 97.5 Å². The number of nitriles is 1. The van der Waals surface area contributed by atoms with Crippen LogP contribution in [-0.2, 0) is 28.1 Å². The van der Waals surface area contributed by atoms with Crippen molar-refractivity contribution in [1.82, 2.24) is 14.9 Å². The summed E-state index contributed by atoms with van der Waals surface area (Å²) in [7, 11) is -1.31. The Morgan fingerprint density at radius 1 is 1.00 bits per heavy atom. The summed E-state index contributed by atoms with van der Waals surface area (Å²) in [4.78, 5) is 50.8. The highest BCUT2D eigenvalue weighted by molar-refractivity contribution is 7.44. The van der Waals surface area contributed by atoms with E-state index in [1.165, 1.54) is 0 Å². The number of hydrogen-bond acceptors (Lipinski definition) is 11. The van der Waals surface area contributed by atoms with Gasteiger partial charge in [-0.05, 0) is 46.2 Å². The molecule has 3 rings (SSSR count). The van der Waals surface area contributed by atoms with Gasteiger partial charge in [0.25, 0.3) is 20.3 Å². The van der Waals surface area contributed by atoms with E-state index in [2.05, 4.69) is 49.1 Å². The van der Waals surface area contributed by atoms with E-state index in [1.807, 2.05) is 0 Å². The van der Waals surface area contributed by atoms with Crippen LogP contribution < -0.4 is 10.6 Å². The Balaban J connectivity index is 1.37. The molecule has 4 amide bonds. The van der Waals surface area contributed by atoms with Crippen LogP contribution in [0.4, 0.5) is 5.69 Å². The van der Waals surface area contributed by atoms with Crippen LogP contribution in [0.1, 0.15) is 67.7 Å². The number of ether oxygens (including phenoxy) is 2. The van der Waals surface area contributed by atoms with Gasteiger partial charge in [0.2, 0.25) is 11.8 Å². The van der Waals surface area contributed by atoms with Crippen molar-refractivity contribution in [3.05, 3.63) is 29.3 Å². The molecule has 0 aliphatic carbocycles. The Hall–Kier alpha value is -2.98. The molecule has 0 spiro atoms. The van der Waals surface area contributed by atoms with Crippen molar-refractivity contribution in [2.75, 3.05) is 51.5 Å². The summed E-state index contributed by atoms with van der Waals surface area (Å²) in [6.07, 6.45) is 0.473. The fraction of sp³-hybridized carbons (Fsp3) is 0.607. The van der Waals surface area contributed by atoms with E-state index < -0.39 is 38.2 Å². The zero-order valence-corrected chi connectivity index (χ0v) is 25.5. The van der Waals surface area contributed by atoms with Crippen molar-refractivity contribution >= 4 is 37.8 Å². The molecule has 0 bridgehead atoms. The van der Waals surface area contributed by atoms with Gasteiger partial charge < -0.3 is 23.8 Å². The molecular formula is C28H40N5O8P. The van der Waals surface area contributed by atoms with Gasteiger partial charge in [-0.2, -0.15) is 5.26 Å². The van der Waals surface area contributed by atoms with Gasteiger partial charge in [-0.1, -0.05) is 6.07 Å². The summed E-state index contributed by atoms with van der Waals surface area (Å²) in [6, 6.07) is 6.43. The van der Waals surface area contributed by atoms with Crippen LogP contribution in [0.25, 0.3) is 0 Å². The summed E-state index contributed by atoms with van der Waals surface area (Å²) in [6.45, 7) is 10.8. The SMILES string of the molecule is CC(C)N(C(C)C)P(OCCC#N)OCCOCCOCCNc1cccc2c1C(=O)N(C1CCC(=O)NC1=O)C2=O. The zero-order valence-electron chi connectivity index (χ0n) is 24.6. The van der Waals surface area contributed by atoms with Gasteiger partial charge in [0.1, 0.15) is 6.04 Å². The van der Waals surface area contributed by atoms with Crippen LogP contribution in [0.5, 0.6) is 0 Å². The van der Waals surface area contributed by atoms with E-state index in [0.29, 0.717) is 58.3 Å². The smallest absolute Gasteiger partial charge is 0.264 e. The van der Waals surface area contributed by atoms with Crippen molar-refractivity contribution in [3.8, 4) is 6.07 Å². The molecule has 2 aliphatic rings. The Morgan fingerprint density at radius 3 is 2.33 bits per heavy atom. The maximum Gasteiger partial charge on any atom is 0.264 e. The van der Waals surface area contributed by atoms with Gasteiger partial charge in [-0.3, -0.25) is 29.4 Å². The fourth-order valence-corrected chi connectivity index (χ4v) is 6.30. The molecule has 1 aromatic carbocycles. The number of hydrogen-bond donors (Lipinski definition) is 2. The lowest BCUT2D eigenvalue weighted by Crippen LogP contribution is -2.54. The Kier molecular flexibility index (Phi) is 13.3. The molecule has 0 aromatic heterocycles. The first-order valence-electron chi connectivity index (χ1n) is 14.1. The third-order valence-electron chi connectivity index (χ3n) is 6.49. The minimum absolute atomic E-state index is 0.0664. The fourth-order valence-electron chi connectivity index (χ4n) is 4.73. The first-order valence-corrected chi connectivity index (χ1v) is 15.3. The van der Waals surface area contributed by atoms with Gasteiger partial charge in [-0.25, -0.2) is 4.67 Å². The third-order valence-corrected chi connectivity index (χ3v) is 8.60. The summed E-state index contributed by atoms with van der Waals surface area (Å²) in [5.74, 6) is -2.17. The van der Waals surface area contributed by atoms with Crippen molar-refractivity contribution < 1.29 is 37.7 Å². The van der Waals surface area contributed by atoms with E-state index in [9.17, 15) is 19.2 Å². The molecule has 42 heavy (non-hydrogen) atoms. The molecule has 230 valence electrons. The van der Waals surface area contributed by atoms with Crippen LogP contribution in [0.2, 0.25) is 0 Å². The molecule has 0 saturated carbocycles. The molecular weight excluding hydrogens is 565 g/mol. The Labute approximate surface area is 247 Å². The van der Waals surface area contributed by atoms with Crippen molar-refractivity contribution in [1.29, 1.82) is 5.26 Å². The molecule has 2 unspecified atom stereocenters. The predicted octanol–water partition coefficient (Wildman–Crippen LogP) is 2.83. The zero-order chi connectivity index (χ0) is 30.6. The first kappa shape index (κ1) is 33.5. The van der Waals surface area contributed by atoms with Gasteiger partial charge in [0.05, 0.1) is 63.3 Å².